The number of hydrogen-bond acceptors (Lipinski definition) is 4. The van der Waals surface area contributed by atoms with Crippen LogP contribution in [0.25, 0.3) is 0 Å². The Morgan fingerprint density at radius 3 is 2.50 bits per heavy atom. The molecule has 0 fully saturated rings. The molecule has 24 heavy (non-hydrogen) atoms. The molecule has 0 aliphatic heterocycles. The number of carbonyl (C=O) groups is 2. The summed E-state index contributed by atoms with van der Waals surface area (Å²) in [6.45, 7) is 0.168. The molecule has 0 heterocycles. The summed E-state index contributed by atoms with van der Waals surface area (Å²) >= 11 is 0. The molecule has 0 saturated carbocycles. The molecule has 0 radical (unpaired) electrons. The van der Waals surface area contributed by atoms with E-state index in [9.17, 15) is 19.1 Å². The number of benzene rings is 2. The normalized spacial score (nSPS) is 10.0. The second-order valence-corrected chi connectivity index (χ2v) is 4.90. The van der Waals surface area contributed by atoms with Crippen LogP contribution in [0.1, 0.15) is 23.2 Å². The van der Waals surface area contributed by atoms with Crippen LogP contribution in [0.4, 0.5) is 4.39 Å². The molecule has 2 rings (SSSR count). The van der Waals surface area contributed by atoms with Crippen LogP contribution < -0.4 is 15.6 Å². The second kappa shape index (κ2) is 8.52. The Morgan fingerprint density at radius 2 is 1.75 bits per heavy atom. The van der Waals surface area contributed by atoms with Crippen LogP contribution in [0.3, 0.4) is 0 Å². The van der Waals surface area contributed by atoms with Crippen LogP contribution in [0.2, 0.25) is 0 Å². The third-order valence-corrected chi connectivity index (χ3v) is 3.11. The number of phenols is 1. The van der Waals surface area contributed by atoms with Crippen LogP contribution in [-0.2, 0) is 4.79 Å². The first kappa shape index (κ1) is 17.3. The zero-order valence-corrected chi connectivity index (χ0v) is 12.8. The highest BCUT2D eigenvalue weighted by molar-refractivity contribution is 5.97. The number of aromatic hydroxyl groups is 1. The van der Waals surface area contributed by atoms with Crippen LogP contribution in [0.5, 0.6) is 11.5 Å². The van der Waals surface area contributed by atoms with E-state index in [1.54, 1.807) is 24.3 Å². The van der Waals surface area contributed by atoms with Crippen molar-refractivity contribution in [3.8, 4) is 11.5 Å². The Hall–Kier alpha value is -3.09. The number of hydrogen-bond donors (Lipinski definition) is 3. The van der Waals surface area contributed by atoms with Crippen molar-refractivity contribution >= 4 is 11.8 Å². The highest BCUT2D eigenvalue weighted by Gasteiger charge is 2.11. The minimum atomic E-state index is -0.621. The van der Waals surface area contributed by atoms with E-state index in [4.69, 9.17) is 4.74 Å². The molecule has 0 unspecified atom stereocenters. The van der Waals surface area contributed by atoms with E-state index in [2.05, 4.69) is 10.9 Å². The predicted octanol–water partition coefficient (Wildman–Crippen LogP) is 2.15. The molecule has 0 atom stereocenters. The minimum absolute atomic E-state index is 0.0562. The Kier molecular flexibility index (Phi) is 6.13. The van der Waals surface area contributed by atoms with E-state index in [0.29, 0.717) is 6.42 Å². The summed E-state index contributed by atoms with van der Waals surface area (Å²) in [5.41, 5.74) is 4.50. The monoisotopic (exact) mass is 332 g/mol. The van der Waals surface area contributed by atoms with Gasteiger partial charge in [0.1, 0.15) is 5.75 Å². The average molecular weight is 332 g/mol. The third-order valence-electron chi connectivity index (χ3n) is 3.11. The fourth-order valence-electron chi connectivity index (χ4n) is 1.90. The van der Waals surface area contributed by atoms with Crippen LogP contribution in [0, 0.1) is 5.82 Å². The summed E-state index contributed by atoms with van der Waals surface area (Å²) in [4.78, 5) is 23.4. The summed E-state index contributed by atoms with van der Waals surface area (Å²) in [6.07, 6.45) is 0.447. The van der Waals surface area contributed by atoms with Crippen molar-refractivity contribution in [1.29, 1.82) is 0 Å². The van der Waals surface area contributed by atoms with Crippen LogP contribution >= 0.6 is 0 Å². The lowest BCUT2D eigenvalue weighted by atomic mass is 10.2. The number of carbonyl (C=O) groups excluding carboxylic acids is 2. The van der Waals surface area contributed by atoms with Gasteiger partial charge in [0.25, 0.3) is 5.91 Å². The van der Waals surface area contributed by atoms with E-state index in [1.165, 1.54) is 24.3 Å². The largest absolute Gasteiger partial charge is 0.507 e. The van der Waals surface area contributed by atoms with E-state index in [0.717, 1.165) is 0 Å². The first-order chi connectivity index (χ1) is 11.6. The van der Waals surface area contributed by atoms with Gasteiger partial charge in [0.2, 0.25) is 5.91 Å². The van der Waals surface area contributed by atoms with Crippen LogP contribution in [0.15, 0.2) is 48.5 Å². The predicted molar refractivity (Wildman–Crippen MR) is 84.8 cm³/mol. The SMILES string of the molecule is O=C(CCCOc1ccccc1F)NNC(=O)c1ccccc1O. The molecular weight excluding hydrogens is 315 g/mol. The summed E-state index contributed by atoms with van der Waals surface area (Å²) < 4.78 is 18.5. The number of para-hydroxylation sites is 2. The minimum Gasteiger partial charge on any atom is -0.507 e. The second-order valence-electron chi connectivity index (χ2n) is 4.90. The van der Waals surface area contributed by atoms with Gasteiger partial charge < -0.3 is 9.84 Å². The van der Waals surface area contributed by atoms with Gasteiger partial charge in [-0.2, -0.15) is 0 Å². The van der Waals surface area contributed by atoms with Gasteiger partial charge in [0.05, 0.1) is 12.2 Å². The van der Waals surface area contributed by atoms with Crippen molar-refractivity contribution in [3.05, 3.63) is 59.9 Å². The molecule has 0 spiro atoms. The number of nitrogens with one attached hydrogen (secondary N) is 2. The Bertz CT molecular complexity index is 721. The van der Waals surface area contributed by atoms with E-state index < -0.39 is 17.6 Å². The molecule has 0 aliphatic carbocycles. The number of phenolic OH excluding ortho intramolecular Hbond substituents is 1. The molecule has 0 saturated heterocycles. The third kappa shape index (κ3) is 4.98. The first-order valence-corrected chi connectivity index (χ1v) is 7.32. The number of ether oxygens (including phenoxy) is 1. The van der Waals surface area contributed by atoms with Crippen molar-refractivity contribution in [2.24, 2.45) is 0 Å². The number of halogens is 1. The highest BCUT2D eigenvalue weighted by atomic mass is 19.1. The molecule has 0 aliphatic rings. The molecule has 0 aromatic heterocycles. The molecule has 6 nitrogen and oxygen atoms in total. The lowest BCUT2D eigenvalue weighted by Gasteiger charge is -2.09. The maximum atomic E-state index is 13.3. The van der Waals surface area contributed by atoms with Gasteiger partial charge in [0.15, 0.2) is 11.6 Å². The molecule has 2 amide bonds. The lowest BCUT2D eigenvalue weighted by Crippen LogP contribution is -2.41. The molecular formula is C17H17FN2O4. The van der Waals surface area contributed by atoms with Crippen molar-refractivity contribution < 1.29 is 23.8 Å². The lowest BCUT2D eigenvalue weighted by molar-refractivity contribution is -0.122. The molecule has 7 heteroatoms. The van der Waals surface area contributed by atoms with Gasteiger partial charge in [-0.3, -0.25) is 20.4 Å². The van der Waals surface area contributed by atoms with Gasteiger partial charge in [-0.15, -0.1) is 0 Å². The van der Waals surface area contributed by atoms with E-state index in [-0.39, 0.29) is 30.1 Å². The topological polar surface area (TPSA) is 87.7 Å². The average Bonchev–Trinajstić information content (AvgIpc) is 2.58. The highest BCUT2D eigenvalue weighted by Crippen LogP contribution is 2.16. The van der Waals surface area contributed by atoms with Crippen molar-refractivity contribution in [1.82, 2.24) is 10.9 Å². The Labute approximate surface area is 138 Å². The molecule has 2 aromatic rings. The Morgan fingerprint density at radius 1 is 1.04 bits per heavy atom. The first-order valence-electron chi connectivity index (χ1n) is 7.32. The zero-order valence-electron chi connectivity index (χ0n) is 12.8. The number of amides is 2. The standard InChI is InChI=1S/C17H17FN2O4/c18-13-7-2-4-9-15(13)24-11-5-10-16(22)19-20-17(23)12-6-1-3-8-14(12)21/h1-4,6-9,21H,5,10-11H2,(H,19,22)(H,20,23). The summed E-state index contributed by atoms with van der Waals surface area (Å²) in [5.74, 6) is -1.55. The number of rotatable bonds is 6. The molecule has 0 bridgehead atoms. The van der Waals surface area contributed by atoms with Gasteiger partial charge >= 0.3 is 0 Å². The van der Waals surface area contributed by atoms with Crippen molar-refractivity contribution in [2.75, 3.05) is 6.61 Å². The van der Waals surface area contributed by atoms with Crippen molar-refractivity contribution in [3.63, 3.8) is 0 Å². The van der Waals surface area contributed by atoms with E-state index in [1.807, 2.05) is 0 Å². The molecule has 2 aromatic carbocycles. The summed E-state index contributed by atoms with van der Waals surface area (Å²) in [6, 6.07) is 12.0. The maximum Gasteiger partial charge on any atom is 0.273 e. The van der Waals surface area contributed by atoms with Gasteiger partial charge in [-0.05, 0) is 30.7 Å². The fourth-order valence-corrected chi connectivity index (χ4v) is 1.90. The zero-order chi connectivity index (χ0) is 17.4. The van der Waals surface area contributed by atoms with E-state index >= 15 is 0 Å². The fraction of sp³-hybridized carbons (Fsp3) is 0.176. The smallest absolute Gasteiger partial charge is 0.273 e. The maximum absolute atomic E-state index is 13.3. The summed E-state index contributed by atoms with van der Waals surface area (Å²) in [7, 11) is 0. The molecule has 126 valence electrons. The Balaban J connectivity index is 1.68. The van der Waals surface area contributed by atoms with Gasteiger partial charge in [0, 0.05) is 6.42 Å². The number of hydrazine groups is 1. The quantitative estimate of drug-likeness (QED) is 0.559. The summed E-state index contributed by atoms with van der Waals surface area (Å²) in [5, 5.41) is 9.53. The van der Waals surface area contributed by atoms with Crippen LogP contribution in [-0.4, -0.2) is 23.5 Å². The van der Waals surface area contributed by atoms with Gasteiger partial charge in [-0.25, -0.2) is 4.39 Å². The van der Waals surface area contributed by atoms with Gasteiger partial charge in [-0.1, -0.05) is 24.3 Å². The van der Waals surface area contributed by atoms with Crippen molar-refractivity contribution in [2.45, 2.75) is 12.8 Å². The molecule has 3 N–H and O–H groups in total.